The van der Waals surface area contributed by atoms with Crippen molar-refractivity contribution in [1.82, 2.24) is 24.3 Å². The number of nitrogens with zero attached hydrogens (tertiary/aromatic N) is 4. The molecule has 1 amide bonds. The number of rotatable bonds is 15. The number of benzene rings is 1. The van der Waals surface area contributed by atoms with Gasteiger partial charge in [0.05, 0.1) is 50.5 Å². The Hall–Kier alpha value is -4.26. The number of fused-ring (bicyclic) bond motifs is 1. The molecule has 4 rings (SSSR count). The van der Waals surface area contributed by atoms with Crippen LogP contribution in [-0.2, 0) is 32.0 Å². The number of imidazole rings is 1. The van der Waals surface area contributed by atoms with Gasteiger partial charge in [0.25, 0.3) is 0 Å². The molecule has 15 heteroatoms. The summed E-state index contributed by atoms with van der Waals surface area (Å²) in [4.78, 5) is 30.1. The Labute approximate surface area is 296 Å². The minimum absolute atomic E-state index is 0.0795. The van der Waals surface area contributed by atoms with E-state index >= 15 is 0 Å². The zero-order valence-corrected chi connectivity index (χ0v) is 30.0. The predicted molar refractivity (Wildman–Crippen MR) is 187 cm³/mol. The topological polar surface area (TPSA) is 121 Å². The van der Waals surface area contributed by atoms with Crippen LogP contribution in [0.1, 0.15) is 56.7 Å². The highest BCUT2D eigenvalue weighted by molar-refractivity contribution is 5.94. The summed E-state index contributed by atoms with van der Waals surface area (Å²) in [6.45, 7) is 10.1. The minimum atomic E-state index is -4.46. The van der Waals surface area contributed by atoms with Crippen LogP contribution in [0, 0.1) is 17.8 Å². The molecule has 280 valence electrons. The van der Waals surface area contributed by atoms with Gasteiger partial charge in [-0.1, -0.05) is 12.0 Å². The van der Waals surface area contributed by atoms with Crippen molar-refractivity contribution >= 4 is 28.7 Å². The Morgan fingerprint density at radius 3 is 2.59 bits per heavy atom. The maximum Gasteiger partial charge on any atom is 0.408 e. The van der Waals surface area contributed by atoms with Crippen molar-refractivity contribution in [3.05, 3.63) is 48.2 Å². The highest BCUT2D eigenvalue weighted by Gasteiger charge is 2.31. The highest BCUT2D eigenvalue weighted by Crippen LogP contribution is 2.32. The molecule has 0 saturated carbocycles. The minimum Gasteiger partial charge on any atom is -0.461 e. The first-order chi connectivity index (χ1) is 24.2. The van der Waals surface area contributed by atoms with E-state index in [9.17, 15) is 22.8 Å². The van der Waals surface area contributed by atoms with Crippen LogP contribution in [-0.4, -0.2) is 109 Å². The van der Waals surface area contributed by atoms with Crippen LogP contribution in [0.3, 0.4) is 0 Å². The molecule has 12 nitrogen and oxygen atoms in total. The van der Waals surface area contributed by atoms with E-state index in [4.69, 9.17) is 18.9 Å². The van der Waals surface area contributed by atoms with Gasteiger partial charge in [0, 0.05) is 43.0 Å². The molecular weight excluding hydrogens is 669 g/mol. The molecule has 2 N–H and O–H groups in total. The molecule has 1 fully saturated rings. The van der Waals surface area contributed by atoms with Crippen LogP contribution < -0.4 is 10.6 Å². The molecular formula is C36H49F3N6O6. The third-order valence-electron chi connectivity index (χ3n) is 8.11. The van der Waals surface area contributed by atoms with Gasteiger partial charge in [0.15, 0.2) is 5.69 Å². The summed E-state index contributed by atoms with van der Waals surface area (Å²) in [5.74, 6) is 5.37. The lowest BCUT2D eigenvalue weighted by Gasteiger charge is -2.38. The predicted octanol–water partition coefficient (Wildman–Crippen LogP) is 5.31. The van der Waals surface area contributed by atoms with E-state index < -0.39 is 30.4 Å². The van der Waals surface area contributed by atoms with Crippen LogP contribution in [0.25, 0.3) is 10.9 Å². The van der Waals surface area contributed by atoms with Gasteiger partial charge < -0.3 is 43.6 Å². The Morgan fingerprint density at radius 2 is 1.86 bits per heavy atom. The summed E-state index contributed by atoms with van der Waals surface area (Å²) in [5, 5.41) is 6.80. The van der Waals surface area contributed by atoms with E-state index in [2.05, 4.69) is 39.4 Å². The average molecular weight is 719 g/mol. The lowest BCUT2D eigenvalue weighted by atomic mass is 9.89. The molecule has 0 spiro atoms. The number of carbonyl (C=O) groups is 2. The number of anilines is 1. The molecule has 3 aromatic rings. The average Bonchev–Trinajstić information content (AvgIpc) is 3.66. The largest absolute Gasteiger partial charge is 0.461 e. The molecule has 0 bridgehead atoms. The van der Waals surface area contributed by atoms with Gasteiger partial charge in [-0.2, -0.15) is 13.2 Å². The van der Waals surface area contributed by atoms with Gasteiger partial charge in [0.2, 0.25) is 0 Å². The second-order valence-corrected chi connectivity index (χ2v) is 13.4. The van der Waals surface area contributed by atoms with Gasteiger partial charge in [-0.05, 0) is 84.2 Å². The first kappa shape index (κ1) is 39.5. The number of alkyl halides is 3. The third kappa shape index (κ3) is 12.8. The zero-order valence-electron chi connectivity index (χ0n) is 30.0. The van der Waals surface area contributed by atoms with E-state index in [1.54, 1.807) is 63.0 Å². The number of amides is 1. The van der Waals surface area contributed by atoms with Gasteiger partial charge in [0.1, 0.15) is 12.1 Å². The maximum absolute atomic E-state index is 13.7. The van der Waals surface area contributed by atoms with Crippen molar-refractivity contribution < 1.29 is 41.7 Å². The summed E-state index contributed by atoms with van der Waals surface area (Å²) in [7, 11) is 2.08. The lowest BCUT2D eigenvalue weighted by molar-refractivity contribution is -0.140. The van der Waals surface area contributed by atoms with E-state index in [0.29, 0.717) is 50.5 Å². The molecule has 0 aliphatic carbocycles. The summed E-state index contributed by atoms with van der Waals surface area (Å²) >= 11 is 0. The molecule has 0 radical (unpaired) electrons. The summed E-state index contributed by atoms with van der Waals surface area (Å²) in [6.07, 6.45) is -0.262. The normalized spacial score (nSPS) is 16.8. The summed E-state index contributed by atoms with van der Waals surface area (Å²) < 4.78 is 65.7. The van der Waals surface area contributed by atoms with Crippen LogP contribution in [0.15, 0.2) is 36.8 Å². The van der Waals surface area contributed by atoms with E-state index in [-0.39, 0.29) is 29.9 Å². The molecule has 3 heterocycles. The van der Waals surface area contributed by atoms with Gasteiger partial charge in [-0.25, -0.2) is 14.6 Å². The highest BCUT2D eigenvalue weighted by atomic mass is 19.4. The van der Waals surface area contributed by atoms with Gasteiger partial charge in [-0.3, -0.25) is 0 Å². The van der Waals surface area contributed by atoms with Crippen molar-refractivity contribution in [3.63, 3.8) is 0 Å². The van der Waals surface area contributed by atoms with Crippen molar-refractivity contribution in [2.45, 2.75) is 71.4 Å². The molecule has 2 atom stereocenters. The number of likely N-dealkylation sites (tertiary alicyclic amines) is 1. The number of alkyl carbamates (subject to hydrolysis) is 1. The molecule has 1 aliphatic rings. The summed E-state index contributed by atoms with van der Waals surface area (Å²) in [5.41, 5.74) is 0.937. The molecule has 1 aliphatic heterocycles. The van der Waals surface area contributed by atoms with Crippen molar-refractivity contribution in [2.24, 2.45) is 5.92 Å². The quantitative estimate of drug-likeness (QED) is 0.122. The standard InChI is InChI=1S/C36H49F3N6O6/c1-6-50-33(46)31-23-44(25-41-31)16-18-49-20-19-48-17-13-26-22-43(5)15-12-29(26)42-30-10-7-11-32-28(30)21-27(45(32)24-36(37,38)39)9-8-14-40-34(47)51-35(2,3)4/h7,10-11,21,23,25-26,29,42H,6,12-20,22,24H2,1-5H3,(H,40,47). The number of halogens is 3. The van der Waals surface area contributed by atoms with Crippen LogP contribution in [0.2, 0.25) is 0 Å². The fraction of sp³-hybridized carbons (Fsp3) is 0.583. The van der Waals surface area contributed by atoms with Gasteiger partial charge in [-0.15, -0.1) is 0 Å². The van der Waals surface area contributed by atoms with Crippen molar-refractivity contribution in [1.29, 1.82) is 0 Å². The number of hydrogen-bond donors (Lipinski definition) is 2. The Balaban J connectivity index is 1.32. The number of hydrogen-bond acceptors (Lipinski definition) is 9. The molecule has 2 aromatic heterocycles. The van der Waals surface area contributed by atoms with Crippen LogP contribution >= 0.6 is 0 Å². The van der Waals surface area contributed by atoms with E-state index in [1.165, 1.54) is 4.57 Å². The second-order valence-electron chi connectivity index (χ2n) is 13.4. The molecule has 2 unspecified atom stereocenters. The van der Waals surface area contributed by atoms with Crippen LogP contribution in [0.4, 0.5) is 23.7 Å². The van der Waals surface area contributed by atoms with E-state index in [1.807, 2.05) is 6.07 Å². The van der Waals surface area contributed by atoms with Crippen molar-refractivity contribution in [3.8, 4) is 11.8 Å². The summed E-state index contributed by atoms with van der Waals surface area (Å²) in [6, 6.07) is 7.04. The number of carbonyl (C=O) groups excluding carboxylic acids is 2. The Bertz CT molecular complexity index is 1650. The number of ether oxygens (including phenoxy) is 4. The van der Waals surface area contributed by atoms with E-state index in [0.717, 1.165) is 31.6 Å². The fourth-order valence-electron chi connectivity index (χ4n) is 5.84. The van der Waals surface area contributed by atoms with Crippen molar-refractivity contribution in [2.75, 3.05) is 65.0 Å². The maximum atomic E-state index is 13.7. The third-order valence-corrected chi connectivity index (χ3v) is 8.11. The zero-order chi connectivity index (χ0) is 37.0. The number of aromatic nitrogens is 3. The first-order valence-corrected chi connectivity index (χ1v) is 17.2. The molecule has 51 heavy (non-hydrogen) atoms. The second kappa shape index (κ2) is 18.3. The lowest BCUT2D eigenvalue weighted by Crippen LogP contribution is -2.45. The number of piperidine rings is 1. The Kier molecular flexibility index (Phi) is 14.2. The number of esters is 1. The fourth-order valence-corrected chi connectivity index (χ4v) is 5.84. The number of nitrogens with one attached hydrogen (secondary N) is 2. The SMILES string of the molecule is CCOC(=O)c1cn(CCOCCOCCC2CN(C)CCC2Nc2cccc3c2cc(C#CCNC(=O)OC(C)(C)C)n3CC(F)(F)F)cn1. The molecule has 1 saturated heterocycles. The van der Waals surface area contributed by atoms with Gasteiger partial charge >= 0.3 is 18.2 Å². The van der Waals surface area contributed by atoms with Crippen LogP contribution in [0.5, 0.6) is 0 Å². The Morgan fingerprint density at radius 1 is 1.10 bits per heavy atom. The smallest absolute Gasteiger partial charge is 0.408 e. The first-order valence-electron chi connectivity index (χ1n) is 17.2. The monoisotopic (exact) mass is 718 g/mol. The molecule has 1 aromatic carbocycles.